The van der Waals surface area contributed by atoms with Gasteiger partial charge < -0.3 is 9.84 Å². The molecule has 0 saturated carbocycles. The maximum atomic E-state index is 12.6. The molecular formula is C19H22N4O5S. The van der Waals surface area contributed by atoms with Crippen LogP contribution in [-0.4, -0.2) is 51.6 Å². The average molecular weight is 418 g/mol. The number of sulfonamides is 1. The number of methoxy groups -OCH3 is 1. The van der Waals surface area contributed by atoms with E-state index in [9.17, 15) is 18.3 Å². The molecule has 10 heteroatoms. The van der Waals surface area contributed by atoms with Gasteiger partial charge in [-0.1, -0.05) is 17.3 Å². The third kappa shape index (κ3) is 4.16. The molecule has 0 bridgehead atoms. The lowest BCUT2D eigenvalue weighted by Gasteiger charge is -2.31. The van der Waals surface area contributed by atoms with E-state index < -0.39 is 27.4 Å². The van der Waals surface area contributed by atoms with Crippen molar-refractivity contribution >= 4 is 27.1 Å². The molecule has 0 saturated heterocycles. The normalized spacial score (nSPS) is 12.1. The number of benzene rings is 2. The lowest BCUT2D eigenvalue weighted by Crippen LogP contribution is -2.49. The van der Waals surface area contributed by atoms with Crippen LogP contribution in [0.1, 0.15) is 26.3 Å². The molecule has 9 nitrogen and oxygen atoms in total. The minimum Gasteiger partial charge on any atom is -0.497 e. The molecule has 0 aliphatic heterocycles. The van der Waals surface area contributed by atoms with Crippen molar-refractivity contribution in [2.24, 2.45) is 0 Å². The lowest BCUT2D eigenvalue weighted by atomic mass is 10.1. The largest absolute Gasteiger partial charge is 0.497 e. The molecule has 1 aromatic heterocycles. The molecule has 3 rings (SSSR count). The van der Waals surface area contributed by atoms with Gasteiger partial charge in [-0.15, -0.1) is 5.10 Å². The van der Waals surface area contributed by atoms with E-state index in [4.69, 9.17) is 4.74 Å². The summed E-state index contributed by atoms with van der Waals surface area (Å²) in [6.07, 6.45) is -1.50. The van der Waals surface area contributed by atoms with Crippen LogP contribution >= 0.6 is 0 Å². The van der Waals surface area contributed by atoms with Crippen LogP contribution in [0.3, 0.4) is 0 Å². The summed E-state index contributed by atoms with van der Waals surface area (Å²) in [6.45, 7) is 4.60. The molecule has 29 heavy (non-hydrogen) atoms. The Balaban J connectivity index is 1.88. The highest BCUT2D eigenvalue weighted by Gasteiger charge is 2.37. The second kappa shape index (κ2) is 7.36. The second-order valence-corrected chi connectivity index (χ2v) is 9.31. The molecule has 0 fully saturated rings. The molecule has 1 heterocycles. The number of hydrogen-bond donors (Lipinski definition) is 1. The van der Waals surface area contributed by atoms with Crippen LogP contribution in [0.25, 0.3) is 16.7 Å². The standard InChI is InChI=1S/C19H22N4O5S/c1-19(2,3)23(18(24)25)29(26,27)12-13-5-7-14(8-6-13)22-17-10-9-15(28-4)11-16(17)20-21-22/h5-11H,12H2,1-4H3,(H,24,25). The predicted molar refractivity (Wildman–Crippen MR) is 108 cm³/mol. The number of carboxylic acid groups (broad SMARTS) is 1. The van der Waals surface area contributed by atoms with Gasteiger partial charge in [0.25, 0.3) is 0 Å². The summed E-state index contributed by atoms with van der Waals surface area (Å²) in [6, 6.07) is 12.1. The molecule has 3 aromatic rings. The molecule has 0 atom stereocenters. The van der Waals surface area contributed by atoms with Crippen molar-refractivity contribution in [2.75, 3.05) is 7.11 Å². The smallest absolute Gasteiger partial charge is 0.421 e. The highest BCUT2D eigenvalue weighted by atomic mass is 32.2. The summed E-state index contributed by atoms with van der Waals surface area (Å²) in [5, 5.41) is 17.6. The first-order valence-corrected chi connectivity index (χ1v) is 10.4. The van der Waals surface area contributed by atoms with Gasteiger partial charge in [0.2, 0.25) is 10.0 Å². The van der Waals surface area contributed by atoms with E-state index >= 15 is 0 Å². The van der Waals surface area contributed by atoms with Gasteiger partial charge in [0.15, 0.2) is 0 Å². The number of fused-ring (bicyclic) bond motifs is 1. The van der Waals surface area contributed by atoms with Gasteiger partial charge in [-0.25, -0.2) is 17.9 Å². The Bertz CT molecular complexity index is 1150. The van der Waals surface area contributed by atoms with Gasteiger partial charge in [0.05, 0.1) is 29.6 Å². The van der Waals surface area contributed by atoms with E-state index in [1.54, 1.807) is 48.2 Å². The molecule has 2 aromatic carbocycles. The number of ether oxygens (including phenoxy) is 1. The van der Waals surface area contributed by atoms with Gasteiger partial charge >= 0.3 is 6.09 Å². The third-order valence-corrected chi connectivity index (χ3v) is 6.20. The maximum absolute atomic E-state index is 12.6. The number of hydrogen-bond acceptors (Lipinski definition) is 6. The fraction of sp³-hybridized carbons (Fsp3) is 0.316. The van der Waals surface area contributed by atoms with Crippen molar-refractivity contribution < 1.29 is 23.1 Å². The molecule has 1 amide bonds. The van der Waals surface area contributed by atoms with Crippen molar-refractivity contribution in [1.29, 1.82) is 0 Å². The molecule has 0 radical (unpaired) electrons. The Hall–Kier alpha value is -3.14. The van der Waals surface area contributed by atoms with Crippen LogP contribution in [0.5, 0.6) is 5.75 Å². The number of amides is 1. The maximum Gasteiger partial charge on any atom is 0.421 e. The summed E-state index contributed by atoms with van der Waals surface area (Å²) < 4.78 is 32.6. The van der Waals surface area contributed by atoms with E-state index in [1.165, 1.54) is 20.8 Å². The fourth-order valence-electron chi connectivity index (χ4n) is 3.05. The van der Waals surface area contributed by atoms with Crippen LogP contribution < -0.4 is 4.74 Å². The monoisotopic (exact) mass is 418 g/mol. The minimum absolute atomic E-state index is 0.424. The quantitative estimate of drug-likeness (QED) is 0.677. The first kappa shape index (κ1) is 20.6. The number of nitrogens with zero attached hydrogens (tertiary/aromatic N) is 4. The summed E-state index contributed by atoms with van der Waals surface area (Å²) >= 11 is 0. The average Bonchev–Trinajstić information content (AvgIpc) is 3.03. The zero-order valence-corrected chi connectivity index (χ0v) is 17.3. The molecule has 154 valence electrons. The van der Waals surface area contributed by atoms with Crippen molar-refractivity contribution in [1.82, 2.24) is 19.3 Å². The van der Waals surface area contributed by atoms with Crippen LogP contribution in [-0.2, 0) is 15.8 Å². The zero-order chi connectivity index (χ0) is 21.4. The minimum atomic E-state index is -4.06. The van der Waals surface area contributed by atoms with Crippen molar-refractivity contribution in [3.05, 3.63) is 48.0 Å². The van der Waals surface area contributed by atoms with Crippen molar-refractivity contribution in [2.45, 2.75) is 32.1 Å². The Kier molecular flexibility index (Phi) is 5.22. The van der Waals surface area contributed by atoms with E-state index in [2.05, 4.69) is 10.3 Å². The molecule has 0 aliphatic carbocycles. The fourth-order valence-corrected chi connectivity index (χ4v) is 4.87. The van der Waals surface area contributed by atoms with E-state index in [-0.39, 0.29) is 0 Å². The summed E-state index contributed by atoms with van der Waals surface area (Å²) in [4.78, 5) is 11.5. The summed E-state index contributed by atoms with van der Waals surface area (Å²) in [5.41, 5.74) is 1.53. The van der Waals surface area contributed by atoms with Crippen molar-refractivity contribution in [3.8, 4) is 11.4 Å². The Morgan fingerprint density at radius 1 is 1.17 bits per heavy atom. The van der Waals surface area contributed by atoms with Gasteiger partial charge in [0.1, 0.15) is 11.3 Å². The predicted octanol–water partition coefficient (Wildman–Crippen LogP) is 3.04. The summed E-state index contributed by atoms with van der Waals surface area (Å²) in [7, 11) is -2.48. The number of aromatic nitrogens is 3. The SMILES string of the molecule is COc1ccc2c(c1)nnn2-c1ccc(CS(=O)(=O)N(C(=O)O)C(C)(C)C)cc1. The van der Waals surface area contributed by atoms with Crippen LogP contribution in [0.4, 0.5) is 4.79 Å². The molecule has 0 unspecified atom stereocenters. The van der Waals surface area contributed by atoms with Crippen molar-refractivity contribution in [3.63, 3.8) is 0 Å². The van der Waals surface area contributed by atoms with Crippen LogP contribution in [0.2, 0.25) is 0 Å². The highest BCUT2D eigenvalue weighted by Crippen LogP contribution is 2.24. The summed E-state index contributed by atoms with van der Waals surface area (Å²) in [5.74, 6) is 0.249. The van der Waals surface area contributed by atoms with Gasteiger partial charge in [-0.3, -0.25) is 0 Å². The van der Waals surface area contributed by atoms with E-state index in [0.717, 1.165) is 5.52 Å². The first-order chi connectivity index (χ1) is 13.5. The first-order valence-electron chi connectivity index (χ1n) is 8.78. The Morgan fingerprint density at radius 3 is 2.38 bits per heavy atom. The Morgan fingerprint density at radius 2 is 1.83 bits per heavy atom. The molecular weight excluding hydrogens is 396 g/mol. The Labute approximate surface area is 168 Å². The van der Waals surface area contributed by atoms with Gasteiger partial charge in [-0.2, -0.15) is 4.31 Å². The molecule has 0 aliphatic rings. The van der Waals surface area contributed by atoms with Crippen LogP contribution in [0.15, 0.2) is 42.5 Å². The second-order valence-electron chi connectivity index (χ2n) is 7.50. The topological polar surface area (TPSA) is 115 Å². The highest BCUT2D eigenvalue weighted by molar-refractivity contribution is 7.88. The zero-order valence-electron chi connectivity index (χ0n) is 16.5. The van der Waals surface area contributed by atoms with E-state index in [1.807, 2.05) is 6.07 Å². The van der Waals surface area contributed by atoms with Crippen LogP contribution in [0, 0.1) is 0 Å². The molecule has 1 N–H and O–H groups in total. The van der Waals surface area contributed by atoms with Gasteiger partial charge in [0, 0.05) is 6.07 Å². The van der Waals surface area contributed by atoms with Gasteiger partial charge in [-0.05, 0) is 50.6 Å². The number of carbonyl (C=O) groups is 1. The third-order valence-electron chi connectivity index (χ3n) is 4.24. The number of rotatable bonds is 5. The van der Waals surface area contributed by atoms with E-state index in [0.29, 0.717) is 26.8 Å². The lowest BCUT2D eigenvalue weighted by molar-refractivity contribution is 0.146. The molecule has 0 spiro atoms.